The Morgan fingerprint density at radius 2 is 2.17 bits per heavy atom. The Morgan fingerprint density at radius 3 is 2.77 bits per heavy atom. The van der Waals surface area contributed by atoms with Crippen LogP contribution in [-0.2, 0) is 33.5 Å². The van der Waals surface area contributed by atoms with Gasteiger partial charge in [-0.2, -0.15) is 0 Å². The van der Waals surface area contributed by atoms with Crippen LogP contribution in [0.1, 0.15) is 19.0 Å². The molecule has 3 amide bonds. The lowest BCUT2D eigenvalue weighted by Crippen LogP contribution is -2.71. The summed E-state index contributed by atoms with van der Waals surface area (Å²) >= 11 is 2.27. The molecule has 4 rings (SSSR count). The van der Waals surface area contributed by atoms with E-state index in [4.69, 9.17) is 15.3 Å². The number of carboxylic acid groups (broad SMARTS) is 1. The van der Waals surface area contributed by atoms with Gasteiger partial charge in [0.25, 0.3) is 17.7 Å². The number of carbonyl (C=O) groups excluding carboxylic acids is 4. The van der Waals surface area contributed by atoms with E-state index in [0.717, 1.165) is 16.2 Å². The van der Waals surface area contributed by atoms with Crippen LogP contribution in [0.4, 0.5) is 5.13 Å². The number of rotatable bonds is 8. The molecular weight excluding hydrogens is 504 g/mol. The van der Waals surface area contributed by atoms with E-state index in [-0.39, 0.29) is 46.1 Å². The normalized spacial score (nSPS) is 23.9. The zero-order chi connectivity index (χ0) is 25.3. The number of nitrogen functional groups attached to an aromatic ring is 1. The number of anilines is 1. The number of thioether (sulfide) groups is 1. The minimum atomic E-state index is -1.35. The van der Waals surface area contributed by atoms with Gasteiger partial charge < -0.3 is 31.0 Å². The number of aliphatic carboxylic acids is 1. The molecule has 0 radical (unpaired) electrons. The van der Waals surface area contributed by atoms with Crippen LogP contribution in [0.2, 0.25) is 0 Å². The molecule has 1 aromatic heterocycles. The van der Waals surface area contributed by atoms with Crippen molar-refractivity contribution in [2.45, 2.75) is 30.9 Å². The van der Waals surface area contributed by atoms with Crippen molar-refractivity contribution in [3.63, 3.8) is 0 Å². The number of hydrogen-bond donors (Lipinski definition) is 4. The summed E-state index contributed by atoms with van der Waals surface area (Å²) in [7, 11) is 0. The molecule has 14 nitrogen and oxygen atoms in total. The molecule has 1 aromatic rings. The summed E-state index contributed by atoms with van der Waals surface area (Å²) in [6, 6.07) is -1.05. The van der Waals surface area contributed by atoms with E-state index in [1.807, 2.05) is 0 Å². The fraction of sp³-hybridized carbons (Fsp3) is 0.421. The third kappa shape index (κ3) is 4.93. The van der Waals surface area contributed by atoms with Crippen molar-refractivity contribution >= 4 is 63.6 Å². The maximum atomic E-state index is 13.1. The summed E-state index contributed by atoms with van der Waals surface area (Å²) in [6.45, 7) is 1.35. The van der Waals surface area contributed by atoms with Crippen LogP contribution < -0.4 is 16.4 Å². The van der Waals surface area contributed by atoms with Gasteiger partial charge in [-0.1, -0.05) is 5.16 Å². The summed E-state index contributed by atoms with van der Waals surface area (Å²) < 4.78 is 4.90. The van der Waals surface area contributed by atoms with Crippen molar-refractivity contribution in [2.75, 3.05) is 24.6 Å². The van der Waals surface area contributed by atoms with E-state index < -0.39 is 41.3 Å². The van der Waals surface area contributed by atoms with Gasteiger partial charge in [-0.15, -0.1) is 23.1 Å². The number of ether oxygens (including phenoxy) is 1. The largest absolute Gasteiger partial charge is 0.477 e. The zero-order valence-corrected chi connectivity index (χ0v) is 19.8. The van der Waals surface area contributed by atoms with Crippen LogP contribution in [0.3, 0.4) is 0 Å². The monoisotopic (exact) mass is 524 g/mol. The molecule has 2 saturated heterocycles. The van der Waals surface area contributed by atoms with Crippen molar-refractivity contribution in [3.05, 3.63) is 22.3 Å². The van der Waals surface area contributed by atoms with E-state index in [0.29, 0.717) is 13.0 Å². The molecule has 0 aliphatic carbocycles. The topological polar surface area (TPSA) is 203 Å². The molecule has 5 N–H and O–H groups in total. The standard InChI is InChI=1S/C19H20N6O8S2/c1-7(26)32-4-8-5-34-17-12(16(29)25(17)13(8)18(30)31)23-15(28)11(9-6-35-19(20)22-9)24-33-10-2-3-21-14(10)27/h6,10,12,17H,2-5H2,1H3,(H2,20,22)(H,21,27)(H,23,28)(H,30,31)/b24-11-/t10-,12+,17-/m0/s1. The van der Waals surface area contributed by atoms with E-state index >= 15 is 0 Å². The average molecular weight is 525 g/mol. The number of carbonyl (C=O) groups is 5. The molecule has 16 heteroatoms. The van der Waals surface area contributed by atoms with Gasteiger partial charge >= 0.3 is 11.9 Å². The summed E-state index contributed by atoms with van der Waals surface area (Å²) in [5, 5.41) is 19.5. The van der Waals surface area contributed by atoms with Gasteiger partial charge in [-0.25, -0.2) is 9.78 Å². The molecule has 0 unspecified atom stereocenters. The Balaban J connectivity index is 1.51. The lowest BCUT2D eigenvalue weighted by Gasteiger charge is -2.49. The predicted octanol–water partition coefficient (Wildman–Crippen LogP) is -1.36. The summed E-state index contributed by atoms with van der Waals surface area (Å²) in [4.78, 5) is 70.9. The van der Waals surface area contributed by atoms with E-state index in [1.165, 1.54) is 24.1 Å². The predicted molar refractivity (Wildman–Crippen MR) is 122 cm³/mol. The minimum Gasteiger partial charge on any atom is -0.477 e. The van der Waals surface area contributed by atoms with Crippen molar-refractivity contribution in [2.24, 2.45) is 5.16 Å². The SMILES string of the molecule is CC(=O)OCC1=C(C(=O)O)N2C(=O)[C@@H](NC(=O)/C(=N\O[C@H]3CCNC3=O)c3csc(N)n3)[C@@H]2SC1. The summed E-state index contributed by atoms with van der Waals surface area (Å²) in [6.07, 6.45) is -0.506. The molecule has 3 atom stereocenters. The Morgan fingerprint density at radius 1 is 1.40 bits per heavy atom. The maximum Gasteiger partial charge on any atom is 0.352 e. The second-order valence-corrected chi connectivity index (χ2v) is 9.58. The molecular formula is C19H20N6O8S2. The molecule has 4 heterocycles. The zero-order valence-electron chi connectivity index (χ0n) is 18.2. The first-order valence-electron chi connectivity index (χ1n) is 10.2. The molecule has 2 fully saturated rings. The second-order valence-electron chi connectivity index (χ2n) is 7.58. The number of carboxylic acids is 1. The second kappa shape index (κ2) is 9.91. The van der Waals surface area contributed by atoms with Gasteiger partial charge in [-0.3, -0.25) is 24.1 Å². The lowest BCUT2D eigenvalue weighted by molar-refractivity contribution is -0.150. The number of nitrogens with two attached hydrogens (primary N) is 1. The number of fused-ring (bicyclic) bond motifs is 1. The Kier molecular flexibility index (Phi) is 6.93. The van der Waals surface area contributed by atoms with Crippen LogP contribution in [0.5, 0.6) is 0 Å². The Hall–Kier alpha value is -3.66. The molecule has 3 aliphatic rings. The third-order valence-corrected chi connectivity index (χ3v) is 7.25. The number of amides is 3. The number of nitrogens with one attached hydrogen (secondary N) is 2. The van der Waals surface area contributed by atoms with E-state index in [2.05, 4.69) is 20.8 Å². The number of esters is 1. The van der Waals surface area contributed by atoms with Gasteiger partial charge in [0.2, 0.25) is 6.10 Å². The first-order valence-corrected chi connectivity index (χ1v) is 12.2. The van der Waals surface area contributed by atoms with Crippen LogP contribution in [0.25, 0.3) is 0 Å². The first-order chi connectivity index (χ1) is 16.7. The van der Waals surface area contributed by atoms with Crippen LogP contribution >= 0.6 is 23.1 Å². The number of thiazole rings is 1. The van der Waals surface area contributed by atoms with Crippen LogP contribution in [0.15, 0.2) is 21.8 Å². The van der Waals surface area contributed by atoms with E-state index in [9.17, 15) is 29.1 Å². The third-order valence-electron chi connectivity index (χ3n) is 5.24. The van der Waals surface area contributed by atoms with Crippen LogP contribution in [0, 0.1) is 0 Å². The number of β-lactam (4-membered cyclic amide) rings is 1. The fourth-order valence-corrected chi connectivity index (χ4v) is 5.46. The number of nitrogens with zero attached hydrogens (tertiary/aromatic N) is 3. The summed E-state index contributed by atoms with van der Waals surface area (Å²) in [5.74, 6) is -3.58. The van der Waals surface area contributed by atoms with Gasteiger partial charge in [0.1, 0.15) is 29.4 Å². The van der Waals surface area contributed by atoms with Crippen molar-refractivity contribution in [3.8, 4) is 0 Å². The number of aromatic nitrogens is 1. The molecule has 0 saturated carbocycles. The molecule has 186 valence electrons. The molecule has 0 aromatic carbocycles. The Bertz CT molecular complexity index is 1160. The van der Waals surface area contributed by atoms with Crippen molar-refractivity contribution in [1.82, 2.24) is 20.5 Å². The highest BCUT2D eigenvalue weighted by Gasteiger charge is 2.54. The molecule has 0 bridgehead atoms. The maximum absolute atomic E-state index is 13.1. The van der Waals surface area contributed by atoms with Gasteiger partial charge in [-0.05, 0) is 0 Å². The minimum absolute atomic E-state index is 0.0955. The number of hydrogen-bond acceptors (Lipinski definition) is 12. The van der Waals surface area contributed by atoms with E-state index in [1.54, 1.807) is 0 Å². The average Bonchev–Trinajstić information content (AvgIpc) is 3.43. The van der Waals surface area contributed by atoms with Crippen molar-refractivity contribution < 1.29 is 38.7 Å². The Labute approximate surface area is 205 Å². The lowest BCUT2D eigenvalue weighted by atomic mass is 10.0. The highest BCUT2D eigenvalue weighted by molar-refractivity contribution is 8.00. The molecule has 3 aliphatic heterocycles. The van der Waals surface area contributed by atoms with Crippen molar-refractivity contribution in [1.29, 1.82) is 0 Å². The molecule has 35 heavy (non-hydrogen) atoms. The van der Waals surface area contributed by atoms with Gasteiger partial charge in [0.15, 0.2) is 10.8 Å². The molecule has 0 spiro atoms. The summed E-state index contributed by atoms with van der Waals surface area (Å²) in [5.41, 5.74) is 5.47. The highest BCUT2D eigenvalue weighted by Crippen LogP contribution is 2.40. The first kappa shape index (κ1) is 24.5. The fourth-order valence-electron chi connectivity index (χ4n) is 3.58. The van der Waals surface area contributed by atoms with Crippen LogP contribution in [-0.4, -0.2) is 86.8 Å². The number of oxime groups is 1. The highest BCUT2D eigenvalue weighted by atomic mass is 32.2. The van der Waals surface area contributed by atoms with Gasteiger partial charge in [0, 0.05) is 36.6 Å². The van der Waals surface area contributed by atoms with Gasteiger partial charge in [0.05, 0.1) is 0 Å². The smallest absolute Gasteiger partial charge is 0.352 e. The quantitative estimate of drug-likeness (QED) is 0.135.